The Morgan fingerprint density at radius 1 is 1.08 bits per heavy atom. The highest BCUT2D eigenvalue weighted by Crippen LogP contribution is 2.13. The van der Waals surface area contributed by atoms with E-state index in [4.69, 9.17) is 4.74 Å². The lowest BCUT2D eigenvalue weighted by molar-refractivity contribution is 0.0975. The van der Waals surface area contributed by atoms with Gasteiger partial charge in [-0.15, -0.1) is 0 Å². The zero-order valence-corrected chi connectivity index (χ0v) is 15.3. The van der Waals surface area contributed by atoms with Crippen LogP contribution in [0.5, 0.6) is 0 Å². The molecule has 0 spiro atoms. The summed E-state index contributed by atoms with van der Waals surface area (Å²) in [5, 5.41) is 6.09. The molecule has 1 aliphatic rings. The molecule has 0 unspecified atom stereocenters. The first kappa shape index (κ1) is 18.1. The van der Waals surface area contributed by atoms with Crippen LogP contribution in [0.25, 0.3) is 0 Å². The molecule has 26 heavy (non-hydrogen) atoms. The van der Waals surface area contributed by atoms with E-state index in [0.29, 0.717) is 18.1 Å². The smallest absolute Gasteiger partial charge is 0.257 e. The van der Waals surface area contributed by atoms with Crippen LogP contribution in [0.3, 0.4) is 0 Å². The van der Waals surface area contributed by atoms with Gasteiger partial charge in [0.15, 0.2) is 0 Å². The fourth-order valence-electron chi connectivity index (χ4n) is 2.75. The van der Waals surface area contributed by atoms with Crippen LogP contribution in [0, 0.1) is 13.8 Å². The first-order valence-electron chi connectivity index (χ1n) is 8.98. The summed E-state index contributed by atoms with van der Waals surface area (Å²) in [6, 6.07) is 15.4. The van der Waals surface area contributed by atoms with Crippen LogP contribution in [-0.4, -0.2) is 31.1 Å². The molecule has 1 aliphatic heterocycles. The van der Waals surface area contributed by atoms with Crippen LogP contribution in [0.15, 0.2) is 53.5 Å². The molecule has 0 aliphatic carbocycles. The second-order valence-electron chi connectivity index (χ2n) is 6.64. The number of aliphatic imine (C=N–C) groups is 1. The maximum Gasteiger partial charge on any atom is 0.257 e. The maximum atomic E-state index is 12.5. The number of nitrogens with zero attached hydrogens (tertiary/aromatic N) is 1. The number of hydrogen-bond acceptors (Lipinski definition) is 3. The average Bonchev–Trinajstić information content (AvgIpc) is 3.15. The van der Waals surface area contributed by atoms with Gasteiger partial charge < -0.3 is 10.1 Å². The first-order chi connectivity index (χ1) is 12.6. The summed E-state index contributed by atoms with van der Waals surface area (Å²) in [5.74, 6) is 0.255. The lowest BCUT2D eigenvalue weighted by Gasteiger charge is -2.13. The predicted octanol–water partition coefficient (Wildman–Crippen LogP) is 3.68. The zero-order chi connectivity index (χ0) is 18.4. The predicted molar refractivity (Wildman–Crippen MR) is 105 cm³/mol. The van der Waals surface area contributed by atoms with Crippen molar-refractivity contribution in [1.82, 2.24) is 5.32 Å². The van der Waals surface area contributed by atoms with Gasteiger partial charge in [-0.05, 0) is 51.0 Å². The van der Waals surface area contributed by atoms with E-state index in [1.807, 2.05) is 62.4 Å². The van der Waals surface area contributed by atoms with Gasteiger partial charge in [0.1, 0.15) is 0 Å². The molecule has 5 heteroatoms. The third-order valence-electron chi connectivity index (χ3n) is 4.34. The summed E-state index contributed by atoms with van der Waals surface area (Å²) in [6.45, 7) is 5.35. The Labute approximate surface area is 154 Å². The number of anilines is 1. The molecule has 0 bridgehead atoms. The minimum absolute atomic E-state index is 0.126. The van der Waals surface area contributed by atoms with E-state index in [0.717, 1.165) is 30.7 Å². The van der Waals surface area contributed by atoms with Crippen molar-refractivity contribution in [3.63, 3.8) is 0 Å². The van der Waals surface area contributed by atoms with Crippen molar-refractivity contribution in [2.24, 2.45) is 4.99 Å². The van der Waals surface area contributed by atoms with E-state index in [-0.39, 0.29) is 12.0 Å². The molecule has 1 atom stereocenters. The number of guanidine groups is 1. The first-order valence-corrected chi connectivity index (χ1v) is 8.98. The Kier molecular flexibility index (Phi) is 6.02. The maximum absolute atomic E-state index is 12.5. The largest absolute Gasteiger partial charge is 0.376 e. The van der Waals surface area contributed by atoms with Gasteiger partial charge in [-0.25, -0.2) is 4.99 Å². The minimum atomic E-state index is -0.185. The lowest BCUT2D eigenvalue weighted by atomic mass is 10.1. The highest BCUT2D eigenvalue weighted by atomic mass is 16.5. The quantitative estimate of drug-likeness (QED) is 0.652. The number of ether oxygens (including phenoxy) is 1. The molecular formula is C21H25N3O2. The monoisotopic (exact) mass is 351 g/mol. The molecule has 2 aromatic carbocycles. The summed E-state index contributed by atoms with van der Waals surface area (Å²) >= 11 is 0. The van der Waals surface area contributed by atoms with Gasteiger partial charge in [0, 0.05) is 17.9 Å². The standard InChI is InChI=1S/C21H25N3O2/c1-15-5-9-17(10-6-15)20(25)24-21(22-14-19-4-3-13-26-19)23-18-11-7-16(2)8-12-18/h5-12,19H,3-4,13-14H2,1-2H3,(H2,22,23,24,25)/t19-/m0/s1. The lowest BCUT2D eigenvalue weighted by Crippen LogP contribution is -2.36. The summed E-state index contributed by atoms with van der Waals surface area (Å²) in [7, 11) is 0. The van der Waals surface area contributed by atoms with Gasteiger partial charge >= 0.3 is 0 Å². The third kappa shape index (κ3) is 5.17. The van der Waals surface area contributed by atoms with E-state index in [9.17, 15) is 4.79 Å². The number of hydrogen-bond donors (Lipinski definition) is 2. The topological polar surface area (TPSA) is 62.7 Å². The number of nitrogens with one attached hydrogen (secondary N) is 2. The van der Waals surface area contributed by atoms with Crippen molar-refractivity contribution in [2.45, 2.75) is 32.8 Å². The van der Waals surface area contributed by atoms with Crippen molar-refractivity contribution in [2.75, 3.05) is 18.5 Å². The SMILES string of the molecule is Cc1ccc(NC(=NC[C@@H]2CCCO2)NC(=O)c2ccc(C)cc2)cc1. The summed E-state index contributed by atoms with van der Waals surface area (Å²) < 4.78 is 5.62. The molecule has 1 amide bonds. The van der Waals surface area contributed by atoms with Gasteiger partial charge in [0.25, 0.3) is 5.91 Å². The van der Waals surface area contributed by atoms with Crippen molar-refractivity contribution < 1.29 is 9.53 Å². The van der Waals surface area contributed by atoms with Crippen molar-refractivity contribution >= 4 is 17.6 Å². The van der Waals surface area contributed by atoms with E-state index in [1.54, 1.807) is 0 Å². The van der Waals surface area contributed by atoms with E-state index < -0.39 is 0 Å². The second kappa shape index (κ2) is 8.63. The highest BCUT2D eigenvalue weighted by Gasteiger charge is 2.16. The third-order valence-corrected chi connectivity index (χ3v) is 4.34. The number of amides is 1. The fourth-order valence-corrected chi connectivity index (χ4v) is 2.75. The summed E-state index contributed by atoms with van der Waals surface area (Å²) in [6.07, 6.45) is 2.20. The molecule has 1 fully saturated rings. The van der Waals surface area contributed by atoms with Crippen molar-refractivity contribution in [3.8, 4) is 0 Å². The normalized spacial score (nSPS) is 17.2. The van der Waals surface area contributed by atoms with Gasteiger partial charge in [-0.2, -0.15) is 0 Å². The van der Waals surface area contributed by atoms with Crippen molar-refractivity contribution in [3.05, 3.63) is 65.2 Å². The van der Waals surface area contributed by atoms with Gasteiger partial charge in [0.2, 0.25) is 5.96 Å². The Balaban J connectivity index is 1.72. The molecule has 2 aromatic rings. The Hall–Kier alpha value is -2.66. The second-order valence-corrected chi connectivity index (χ2v) is 6.64. The molecule has 2 N–H and O–H groups in total. The van der Waals surface area contributed by atoms with Crippen LogP contribution in [0.2, 0.25) is 0 Å². The van der Waals surface area contributed by atoms with E-state index in [2.05, 4.69) is 15.6 Å². The molecule has 136 valence electrons. The molecule has 0 radical (unpaired) electrons. The van der Waals surface area contributed by atoms with E-state index in [1.165, 1.54) is 5.56 Å². The molecular weight excluding hydrogens is 326 g/mol. The number of carbonyl (C=O) groups excluding carboxylic acids is 1. The number of carbonyl (C=O) groups is 1. The molecule has 1 heterocycles. The number of benzene rings is 2. The zero-order valence-electron chi connectivity index (χ0n) is 15.3. The van der Waals surface area contributed by atoms with Crippen LogP contribution in [0.1, 0.15) is 34.3 Å². The molecule has 5 nitrogen and oxygen atoms in total. The average molecular weight is 351 g/mol. The summed E-state index contributed by atoms with van der Waals surface area (Å²) in [5.41, 5.74) is 3.78. The van der Waals surface area contributed by atoms with Gasteiger partial charge in [0.05, 0.1) is 12.6 Å². The Morgan fingerprint density at radius 3 is 2.35 bits per heavy atom. The minimum Gasteiger partial charge on any atom is -0.376 e. The van der Waals surface area contributed by atoms with Gasteiger partial charge in [-0.1, -0.05) is 35.4 Å². The fraction of sp³-hybridized carbons (Fsp3) is 0.333. The van der Waals surface area contributed by atoms with E-state index >= 15 is 0 Å². The Morgan fingerprint density at radius 2 is 1.73 bits per heavy atom. The van der Waals surface area contributed by atoms with Crippen molar-refractivity contribution in [1.29, 1.82) is 0 Å². The van der Waals surface area contributed by atoms with Crippen LogP contribution in [0.4, 0.5) is 5.69 Å². The Bertz CT molecular complexity index is 761. The van der Waals surface area contributed by atoms with Gasteiger partial charge in [-0.3, -0.25) is 10.1 Å². The molecule has 3 rings (SSSR count). The van der Waals surface area contributed by atoms with Crippen LogP contribution >= 0.6 is 0 Å². The van der Waals surface area contributed by atoms with Crippen LogP contribution in [-0.2, 0) is 4.74 Å². The summed E-state index contributed by atoms with van der Waals surface area (Å²) in [4.78, 5) is 17.1. The number of aryl methyl sites for hydroxylation is 2. The molecule has 0 saturated carbocycles. The molecule has 0 aromatic heterocycles. The highest BCUT2D eigenvalue weighted by molar-refractivity contribution is 6.09. The van der Waals surface area contributed by atoms with Crippen LogP contribution < -0.4 is 10.6 Å². The number of rotatable bonds is 4. The molecule has 1 saturated heterocycles.